The highest BCUT2D eigenvalue weighted by molar-refractivity contribution is 6.00. The van der Waals surface area contributed by atoms with Crippen LogP contribution in [0.2, 0.25) is 0 Å². The lowest BCUT2D eigenvalue weighted by molar-refractivity contribution is -0.120. The molecule has 38 heavy (non-hydrogen) atoms. The fourth-order valence-electron chi connectivity index (χ4n) is 4.03. The first-order chi connectivity index (χ1) is 18.2. The van der Waals surface area contributed by atoms with Crippen molar-refractivity contribution in [2.45, 2.75) is 19.5 Å². The third kappa shape index (κ3) is 4.62. The van der Waals surface area contributed by atoms with Crippen LogP contribution in [-0.4, -0.2) is 36.9 Å². The van der Waals surface area contributed by atoms with Crippen molar-refractivity contribution in [1.29, 1.82) is 0 Å². The molecule has 0 aliphatic heterocycles. The van der Waals surface area contributed by atoms with Crippen LogP contribution >= 0.6 is 0 Å². The number of hydrogen-bond donors (Lipinski definition) is 3. The van der Waals surface area contributed by atoms with Crippen LogP contribution in [0.3, 0.4) is 0 Å². The van der Waals surface area contributed by atoms with E-state index < -0.39 is 29.5 Å². The standard InChI is InChI=1S/C26H23N7O5/c1-14-3-6-16(7-4-14)22(23(27)34)31-25(36)19-12-17(30-21-9-10-29-33(19)21)24(35)28-13-15-5-8-20-18(11-15)32(2)26(37)38-20/h3-12,22H,13H2,1-2H3,(H2,27,34)(H,28,35)(H,31,36)/t22-/m1/s1. The lowest BCUT2D eigenvalue weighted by Crippen LogP contribution is -2.38. The molecule has 4 N–H and O–H groups in total. The predicted molar refractivity (Wildman–Crippen MR) is 136 cm³/mol. The Morgan fingerprint density at radius 1 is 1.05 bits per heavy atom. The van der Waals surface area contributed by atoms with Gasteiger partial charge in [0.05, 0.1) is 11.7 Å². The van der Waals surface area contributed by atoms with E-state index in [4.69, 9.17) is 10.2 Å². The zero-order chi connectivity index (χ0) is 27.0. The number of nitrogens with two attached hydrogens (primary N) is 1. The second-order valence-electron chi connectivity index (χ2n) is 8.76. The molecule has 0 aliphatic carbocycles. The highest BCUT2D eigenvalue weighted by Gasteiger charge is 2.24. The molecule has 12 nitrogen and oxygen atoms in total. The molecule has 0 aliphatic rings. The predicted octanol–water partition coefficient (Wildman–Crippen LogP) is 1.37. The van der Waals surface area contributed by atoms with Gasteiger partial charge < -0.3 is 20.8 Å². The van der Waals surface area contributed by atoms with Crippen molar-refractivity contribution in [3.05, 3.63) is 99.4 Å². The quantitative estimate of drug-likeness (QED) is 0.295. The molecular weight excluding hydrogens is 490 g/mol. The summed E-state index contributed by atoms with van der Waals surface area (Å²) in [6.07, 6.45) is 1.44. The lowest BCUT2D eigenvalue weighted by Gasteiger charge is -2.17. The molecule has 1 atom stereocenters. The summed E-state index contributed by atoms with van der Waals surface area (Å²) in [6.45, 7) is 2.04. The molecule has 0 fully saturated rings. The van der Waals surface area contributed by atoms with Crippen LogP contribution in [0.15, 0.2) is 70.0 Å². The maximum Gasteiger partial charge on any atom is 0.419 e. The van der Waals surface area contributed by atoms with Gasteiger partial charge in [0.25, 0.3) is 11.8 Å². The highest BCUT2D eigenvalue weighted by atomic mass is 16.4. The number of carbonyl (C=O) groups excluding carboxylic acids is 3. The van der Waals surface area contributed by atoms with Gasteiger partial charge in [-0.2, -0.15) is 5.10 Å². The van der Waals surface area contributed by atoms with Crippen molar-refractivity contribution in [2.24, 2.45) is 12.8 Å². The first-order valence-electron chi connectivity index (χ1n) is 11.6. The van der Waals surface area contributed by atoms with E-state index in [9.17, 15) is 19.2 Å². The molecule has 0 saturated heterocycles. The number of primary amides is 1. The molecule has 0 bridgehead atoms. The third-order valence-electron chi connectivity index (χ3n) is 6.10. The Morgan fingerprint density at radius 3 is 2.55 bits per heavy atom. The topological polar surface area (TPSA) is 167 Å². The fraction of sp³-hybridized carbons (Fsp3) is 0.154. The van der Waals surface area contributed by atoms with Gasteiger partial charge in [0, 0.05) is 25.7 Å². The molecule has 3 aromatic heterocycles. The Bertz CT molecular complexity index is 1760. The smallest absolute Gasteiger partial charge is 0.408 e. The number of oxazole rings is 1. The van der Waals surface area contributed by atoms with E-state index >= 15 is 0 Å². The van der Waals surface area contributed by atoms with E-state index in [0.29, 0.717) is 16.7 Å². The van der Waals surface area contributed by atoms with Crippen LogP contribution < -0.4 is 22.1 Å². The van der Waals surface area contributed by atoms with Gasteiger partial charge in [-0.05, 0) is 30.2 Å². The molecule has 3 amide bonds. The van der Waals surface area contributed by atoms with E-state index in [0.717, 1.165) is 11.1 Å². The minimum Gasteiger partial charge on any atom is -0.408 e. The zero-order valence-electron chi connectivity index (χ0n) is 20.5. The summed E-state index contributed by atoms with van der Waals surface area (Å²) in [7, 11) is 1.59. The van der Waals surface area contributed by atoms with Gasteiger partial charge in [-0.1, -0.05) is 35.9 Å². The molecule has 0 unspecified atom stereocenters. The average Bonchev–Trinajstić information content (AvgIpc) is 3.49. The van der Waals surface area contributed by atoms with Gasteiger partial charge in [-0.25, -0.2) is 14.3 Å². The number of aromatic nitrogens is 4. The number of hydrogen-bond acceptors (Lipinski definition) is 7. The van der Waals surface area contributed by atoms with Crippen molar-refractivity contribution in [1.82, 2.24) is 29.8 Å². The summed E-state index contributed by atoms with van der Waals surface area (Å²) in [4.78, 5) is 54.4. The van der Waals surface area contributed by atoms with Gasteiger partial charge in [0.2, 0.25) is 5.91 Å². The minimum absolute atomic E-state index is 0.00155. The fourth-order valence-corrected chi connectivity index (χ4v) is 4.03. The molecule has 12 heteroatoms. The summed E-state index contributed by atoms with van der Waals surface area (Å²) in [5.74, 6) is -2.41. The molecule has 192 valence electrons. The summed E-state index contributed by atoms with van der Waals surface area (Å²) in [5, 5.41) is 9.51. The number of fused-ring (bicyclic) bond motifs is 2. The van der Waals surface area contributed by atoms with E-state index in [1.807, 2.05) is 19.1 Å². The molecule has 0 saturated carbocycles. The number of amides is 3. The lowest BCUT2D eigenvalue weighted by atomic mass is 10.0. The second kappa shape index (κ2) is 9.65. The van der Waals surface area contributed by atoms with Crippen molar-refractivity contribution in [2.75, 3.05) is 0 Å². The van der Waals surface area contributed by atoms with Crippen LogP contribution in [0.1, 0.15) is 43.7 Å². The Morgan fingerprint density at radius 2 is 1.82 bits per heavy atom. The normalized spacial score (nSPS) is 11.9. The van der Waals surface area contributed by atoms with Gasteiger partial charge in [-0.3, -0.25) is 19.0 Å². The second-order valence-corrected chi connectivity index (χ2v) is 8.76. The highest BCUT2D eigenvalue weighted by Crippen LogP contribution is 2.17. The van der Waals surface area contributed by atoms with Gasteiger partial charge >= 0.3 is 5.76 Å². The van der Waals surface area contributed by atoms with Crippen LogP contribution in [-0.2, 0) is 18.4 Å². The van der Waals surface area contributed by atoms with Crippen LogP contribution in [0.5, 0.6) is 0 Å². The minimum atomic E-state index is -1.09. The van der Waals surface area contributed by atoms with Crippen molar-refractivity contribution in [3.8, 4) is 0 Å². The summed E-state index contributed by atoms with van der Waals surface area (Å²) in [6, 6.07) is 13.9. The van der Waals surface area contributed by atoms with Crippen LogP contribution in [0.4, 0.5) is 0 Å². The van der Waals surface area contributed by atoms with Gasteiger partial charge in [0.1, 0.15) is 17.4 Å². The number of nitrogens with one attached hydrogen (secondary N) is 2. The van der Waals surface area contributed by atoms with Crippen molar-refractivity contribution < 1.29 is 18.8 Å². The zero-order valence-corrected chi connectivity index (χ0v) is 20.5. The Labute approximate surface area is 215 Å². The SMILES string of the molecule is Cc1ccc([C@@H](NC(=O)c2cc(C(=O)NCc3ccc4oc(=O)n(C)c4c3)nc3ccnn23)C(N)=O)cc1. The molecule has 2 aromatic carbocycles. The number of rotatable bonds is 7. The molecule has 0 spiro atoms. The largest absolute Gasteiger partial charge is 0.419 e. The Hall–Kier alpha value is -5.26. The number of benzene rings is 2. The monoisotopic (exact) mass is 513 g/mol. The van der Waals surface area contributed by atoms with Crippen molar-refractivity contribution >= 4 is 34.5 Å². The Kier molecular flexibility index (Phi) is 6.21. The first-order valence-corrected chi connectivity index (χ1v) is 11.6. The summed E-state index contributed by atoms with van der Waals surface area (Å²) >= 11 is 0. The number of aryl methyl sites for hydroxylation is 2. The van der Waals surface area contributed by atoms with Gasteiger partial charge in [-0.15, -0.1) is 0 Å². The molecular formula is C26H23N7O5. The Balaban J connectivity index is 1.39. The average molecular weight is 514 g/mol. The summed E-state index contributed by atoms with van der Waals surface area (Å²) < 4.78 is 7.77. The molecule has 5 aromatic rings. The van der Waals surface area contributed by atoms with Crippen molar-refractivity contribution in [3.63, 3.8) is 0 Å². The number of carbonyl (C=O) groups is 3. The molecule has 3 heterocycles. The van der Waals surface area contributed by atoms with E-state index in [-0.39, 0.29) is 23.6 Å². The van der Waals surface area contributed by atoms with E-state index in [2.05, 4.69) is 20.7 Å². The number of nitrogens with zero attached hydrogens (tertiary/aromatic N) is 4. The van der Waals surface area contributed by atoms with E-state index in [1.54, 1.807) is 43.4 Å². The van der Waals surface area contributed by atoms with Crippen LogP contribution in [0, 0.1) is 6.92 Å². The molecule has 5 rings (SSSR count). The van der Waals surface area contributed by atoms with Gasteiger partial charge in [0.15, 0.2) is 11.2 Å². The first kappa shape index (κ1) is 24.4. The van der Waals surface area contributed by atoms with E-state index in [1.165, 1.54) is 21.3 Å². The maximum atomic E-state index is 13.2. The summed E-state index contributed by atoms with van der Waals surface area (Å²) in [5.41, 5.74) is 9.08. The molecule has 0 radical (unpaired) electrons. The third-order valence-corrected chi connectivity index (χ3v) is 6.10. The van der Waals surface area contributed by atoms with Crippen LogP contribution in [0.25, 0.3) is 16.7 Å². The maximum absolute atomic E-state index is 13.2.